The molecule has 0 radical (unpaired) electrons. The van der Waals surface area contributed by atoms with Gasteiger partial charge in [0.1, 0.15) is 0 Å². The Labute approximate surface area is 90.8 Å². The van der Waals surface area contributed by atoms with Crippen LogP contribution in [0.15, 0.2) is 0 Å². The summed E-state index contributed by atoms with van der Waals surface area (Å²) in [5, 5.41) is 0. The quantitative estimate of drug-likeness (QED) is 0.725. The van der Waals surface area contributed by atoms with Crippen molar-refractivity contribution in [2.24, 2.45) is 0 Å². The lowest BCUT2D eigenvalue weighted by molar-refractivity contribution is -0.139. The molecule has 0 bridgehead atoms. The smallest absolute Gasteiger partial charge is 0.321 e. The van der Waals surface area contributed by atoms with Crippen LogP contribution in [-0.4, -0.2) is 17.9 Å². The van der Waals surface area contributed by atoms with Gasteiger partial charge in [-0.25, -0.2) is 0 Å². The van der Waals surface area contributed by atoms with Gasteiger partial charge in [0.2, 0.25) is 11.7 Å². The molecule has 0 fully saturated rings. The predicted octanol–water partition coefficient (Wildman–Crippen LogP) is 1.20. The highest BCUT2D eigenvalue weighted by molar-refractivity contribution is 8.05. The zero-order chi connectivity index (χ0) is 11.8. The Kier molecular flexibility index (Phi) is 6.52. The van der Waals surface area contributed by atoms with Crippen molar-refractivity contribution in [3.63, 3.8) is 0 Å². The van der Waals surface area contributed by atoms with Crippen molar-refractivity contribution in [1.82, 2.24) is 0 Å². The highest BCUT2D eigenvalue weighted by Gasteiger charge is 2.16. The lowest BCUT2D eigenvalue weighted by Gasteiger charge is -2.18. The Bertz CT molecular complexity index is 234. The predicted molar refractivity (Wildman–Crippen MR) is 53.5 cm³/mol. The van der Waals surface area contributed by atoms with E-state index in [9.17, 15) is 14.4 Å². The third-order valence-corrected chi connectivity index (χ3v) is 2.24. The first-order valence-electron chi connectivity index (χ1n) is 4.39. The van der Waals surface area contributed by atoms with Crippen molar-refractivity contribution in [2.45, 2.75) is 33.6 Å². The zero-order valence-electron chi connectivity index (χ0n) is 8.81. The molecule has 0 aromatic carbocycles. The maximum Gasteiger partial charge on any atom is 0.321 e. The number of rotatable bonds is 5. The van der Waals surface area contributed by atoms with Crippen LogP contribution in [0.2, 0.25) is 0 Å². The van der Waals surface area contributed by atoms with Gasteiger partial charge < -0.3 is 12.5 Å². The molecule has 0 aliphatic carbocycles. The summed E-state index contributed by atoms with van der Waals surface area (Å²) in [6, 6.07) is 0. The third-order valence-electron chi connectivity index (χ3n) is 1.13. The minimum atomic E-state index is -2.24. The lowest BCUT2D eigenvalue weighted by Crippen LogP contribution is -2.11. The molecule has 0 heterocycles. The third kappa shape index (κ3) is 6.78. The van der Waals surface area contributed by atoms with E-state index in [2.05, 4.69) is 12.5 Å². The fraction of sp³-hybridized carbons (Fsp3) is 0.625. The lowest BCUT2D eigenvalue weighted by atomic mass is 10.5. The summed E-state index contributed by atoms with van der Waals surface area (Å²) in [5.74, 6) is -1.86. The molecule has 0 rings (SSSR count). The molecule has 7 heteroatoms. The largest absolute Gasteiger partial charge is 0.352 e. The second kappa shape index (κ2) is 7.10. The number of thiol groups is 1. The molecule has 6 nitrogen and oxygen atoms in total. The molecule has 0 unspecified atom stereocenters. The van der Waals surface area contributed by atoms with Gasteiger partial charge in [-0.05, 0) is 0 Å². The van der Waals surface area contributed by atoms with Gasteiger partial charge in [0.25, 0.3) is 0 Å². The van der Waals surface area contributed by atoms with Crippen molar-refractivity contribution in [1.29, 1.82) is 0 Å². The van der Waals surface area contributed by atoms with Crippen LogP contribution >= 0.6 is 11.7 Å². The minimum absolute atomic E-state index is 0.115. The second-order valence-corrected chi connectivity index (χ2v) is 3.44. The first-order valence-corrected chi connectivity index (χ1v) is 5.49. The number of hydrogen-bond acceptors (Lipinski definition) is 6. The van der Waals surface area contributed by atoms with Crippen LogP contribution in [-0.2, 0) is 26.9 Å². The Hall–Kier alpha value is -1.24. The Morgan fingerprint density at radius 1 is 0.933 bits per heavy atom. The normalized spacial score (nSPS) is 10.2. The van der Waals surface area contributed by atoms with E-state index < -0.39 is 29.6 Å². The van der Waals surface area contributed by atoms with Crippen LogP contribution in [0.1, 0.15) is 33.6 Å². The number of hydrogen-bond donors (Lipinski definition) is 1. The van der Waals surface area contributed by atoms with Gasteiger partial charge in [0.05, 0.1) is 0 Å². The van der Waals surface area contributed by atoms with E-state index in [-0.39, 0.29) is 12.8 Å². The van der Waals surface area contributed by atoms with Crippen LogP contribution < -0.4 is 0 Å². The van der Waals surface area contributed by atoms with E-state index in [0.29, 0.717) is 0 Å². The molecule has 0 spiro atoms. The standard InChI is InChI=1S/C8H14O6S/c1-4-7(10)13-15(12-6(3)9)14-8(11)5-2/h15H,4-5H2,1-3H3. The summed E-state index contributed by atoms with van der Waals surface area (Å²) in [5.41, 5.74) is 0. The van der Waals surface area contributed by atoms with Gasteiger partial charge in [-0.2, -0.15) is 0 Å². The van der Waals surface area contributed by atoms with E-state index in [0.717, 1.165) is 6.92 Å². The van der Waals surface area contributed by atoms with Gasteiger partial charge >= 0.3 is 17.9 Å². The monoisotopic (exact) mass is 238 g/mol. The van der Waals surface area contributed by atoms with Crippen LogP contribution in [0.4, 0.5) is 0 Å². The van der Waals surface area contributed by atoms with Crippen LogP contribution in [0.3, 0.4) is 0 Å². The molecule has 0 aromatic rings. The molecule has 0 saturated carbocycles. The van der Waals surface area contributed by atoms with Crippen LogP contribution in [0.5, 0.6) is 0 Å². The van der Waals surface area contributed by atoms with Gasteiger partial charge in [0, 0.05) is 19.8 Å². The topological polar surface area (TPSA) is 78.9 Å². The molecule has 15 heavy (non-hydrogen) atoms. The average Bonchev–Trinajstić information content (AvgIpc) is 2.16. The van der Waals surface area contributed by atoms with E-state index in [1.807, 2.05) is 0 Å². The van der Waals surface area contributed by atoms with E-state index in [4.69, 9.17) is 0 Å². The summed E-state index contributed by atoms with van der Waals surface area (Å²) in [6.07, 6.45) is 0.230. The summed E-state index contributed by atoms with van der Waals surface area (Å²) in [7, 11) is 0. The summed E-state index contributed by atoms with van der Waals surface area (Å²) >= 11 is -2.24. The summed E-state index contributed by atoms with van der Waals surface area (Å²) in [4.78, 5) is 32.4. The SMILES string of the molecule is CCC(=O)O[SH](OC(C)=O)OC(=O)CC. The Morgan fingerprint density at radius 2 is 1.33 bits per heavy atom. The molecule has 0 atom stereocenters. The highest BCUT2D eigenvalue weighted by Crippen LogP contribution is 2.30. The Balaban J connectivity index is 4.23. The summed E-state index contributed by atoms with van der Waals surface area (Å²) in [6.45, 7) is 4.28. The molecular weight excluding hydrogens is 224 g/mol. The number of carbonyl (C=O) groups excluding carboxylic acids is 3. The molecule has 0 aromatic heterocycles. The first-order chi connectivity index (χ1) is 6.99. The highest BCUT2D eigenvalue weighted by atomic mass is 32.3. The first kappa shape index (κ1) is 13.8. The van der Waals surface area contributed by atoms with Gasteiger partial charge in [0.15, 0.2) is 0 Å². The maximum absolute atomic E-state index is 10.9. The van der Waals surface area contributed by atoms with E-state index in [1.165, 1.54) is 0 Å². The fourth-order valence-electron chi connectivity index (χ4n) is 0.456. The Morgan fingerprint density at radius 3 is 1.60 bits per heavy atom. The minimum Gasteiger partial charge on any atom is -0.352 e. The molecule has 88 valence electrons. The maximum atomic E-state index is 10.9. The van der Waals surface area contributed by atoms with Crippen molar-refractivity contribution in [3.05, 3.63) is 0 Å². The fourth-order valence-corrected chi connectivity index (χ4v) is 1.37. The molecule has 0 aliphatic heterocycles. The summed E-state index contributed by atoms with van der Waals surface area (Å²) < 4.78 is 13.8. The van der Waals surface area contributed by atoms with Crippen LogP contribution in [0.25, 0.3) is 0 Å². The van der Waals surface area contributed by atoms with E-state index in [1.54, 1.807) is 13.8 Å². The van der Waals surface area contributed by atoms with Crippen molar-refractivity contribution >= 4 is 29.6 Å². The van der Waals surface area contributed by atoms with E-state index >= 15 is 0 Å². The van der Waals surface area contributed by atoms with Crippen molar-refractivity contribution < 1.29 is 26.9 Å². The average molecular weight is 238 g/mol. The van der Waals surface area contributed by atoms with Gasteiger partial charge in [-0.15, -0.1) is 0 Å². The molecule has 0 amide bonds. The zero-order valence-corrected chi connectivity index (χ0v) is 9.71. The second-order valence-electron chi connectivity index (χ2n) is 2.44. The molecule has 0 saturated heterocycles. The molecule has 0 N–H and O–H groups in total. The van der Waals surface area contributed by atoms with Gasteiger partial charge in [-0.3, -0.25) is 14.4 Å². The van der Waals surface area contributed by atoms with Crippen molar-refractivity contribution in [3.8, 4) is 0 Å². The van der Waals surface area contributed by atoms with Crippen LogP contribution in [0, 0.1) is 0 Å². The molecule has 0 aliphatic rings. The number of carbonyl (C=O) groups is 3. The molecular formula is C8H14O6S. The van der Waals surface area contributed by atoms with Gasteiger partial charge in [-0.1, -0.05) is 13.8 Å². The van der Waals surface area contributed by atoms with Crippen molar-refractivity contribution in [2.75, 3.05) is 0 Å².